The van der Waals surface area contributed by atoms with Crippen molar-refractivity contribution in [3.05, 3.63) is 190 Å². The van der Waals surface area contributed by atoms with Crippen LogP contribution in [0.1, 0.15) is 38.3 Å². The van der Waals surface area contributed by atoms with Gasteiger partial charge in [0.2, 0.25) is 0 Å². The predicted octanol–water partition coefficient (Wildman–Crippen LogP) is 11.7. The van der Waals surface area contributed by atoms with Gasteiger partial charge in [0.1, 0.15) is 11.5 Å². The number of rotatable bonds is 3. The topological polar surface area (TPSA) is 14.2 Å². The third-order valence-corrected chi connectivity index (χ3v) is 11.5. The Morgan fingerprint density at radius 1 is 0.681 bits per heavy atom. The molecule has 0 saturated heterocycles. The molecule has 8 aromatic rings. The molecule has 1 atom stereocenters. The molecule has 2 nitrogen and oxygen atoms in total. The lowest BCUT2D eigenvalue weighted by molar-refractivity contribution is 0.432. The van der Waals surface area contributed by atoms with E-state index >= 15 is 0 Å². The van der Waals surface area contributed by atoms with E-state index in [1.807, 2.05) is 17.4 Å². The quantitative estimate of drug-likeness (QED) is 0.180. The maximum Gasteiger partial charge on any atom is 0.140 e. The Morgan fingerprint density at radius 2 is 1.36 bits per heavy atom. The van der Waals surface area contributed by atoms with Crippen LogP contribution in [0, 0.1) is 6.92 Å². The molecule has 2 aliphatic rings. The summed E-state index contributed by atoms with van der Waals surface area (Å²) in [6.07, 6.45) is 4.05. The number of thiophene rings is 1. The van der Waals surface area contributed by atoms with Crippen molar-refractivity contribution in [2.75, 3.05) is 0 Å². The third kappa shape index (κ3) is 3.34. The van der Waals surface area contributed by atoms with Crippen molar-refractivity contribution in [2.45, 2.75) is 12.3 Å². The Bertz CT molecular complexity index is 2650. The number of aryl methyl sites for hydroxylation is 1. The van der Waals surface area contributed by atoms with Gasteiger partial charge in [0.15, 0.2) is 0 Å². The number of para-hydroxylation sites is 5. The minimum absolute atomic E-state index is 0.602. The van der Waals surface area contributed by atoms with Gasteiger partial charge >= 0.3 is 0 Å². The molecule has 0 amide bonds. The first-order valence-corrected chi connectivity index (χ1v) is 16.9. The Kier molecular flexibility index (Phi) is 5.47. The van der Waals surface area contributed by atoms with E-state index in [2.05, 4.69) is 158 Å². The van der Waals surface area contributed by atoms with Crippen molar-refractivity contribution in [2.24, 2.45) is 0 Å². The molecule has 0 aliphatic carbocycles. The summed E-state index contributed by atoms with van der Waals surface area (Å²) in [6.45, 7) is 6.38. The molecule has 6 aromatic carbocycles. The highest BCUT2D eigenvalue weighted by molar-refractivity contribution is 7.20. The Labute approximate surface area is 277 Å². The maximum atomic E-state index is 7.08. The molecule has 10 rings (SSSR count). The molecule has 1 spiro atoms. The van der Waals surface area contributed by atoms with Gasteiger partial charge in [0.25, 0.3) is 0 Å². The summed E-state index contributed by atoms with van der Waals surface area (Å²) in [5.41, 5.74) is 11.4. The van der Waals surface area contributed by atoms with Gasteiger partial charge in [0, 0.05) is 42.6 Å². The van der Waals surface area contributed by atoms with E-state index < -0.39 is 5.41 Å². The standard InChI is InChI=1S/C44H29NOS/c1-3-14-32(43-27(2)28-15-5-11-26-40(28)47-43)31-18-13-22-36-42(31)46-39-25-10-7-20-34(39)44(36)33-19-6-9-24-38(33)45-37-23-8-4-16-29(37)30-17-12-21-35(44)41(30)45/h3-26H,1H2,2H3/b32-14-. The van der Waals surface area contributed by atoms with Crippen LogP contribution < -0.4 is 4.74 Å². The molecule has 222 valence electrons. The summed E-state index contributed by atoms with van der Waals surface area (Å²) in [5.74, 6) is 1.78. The smallest absolute Gasteiger partial charge is 0.140 e. The van der Waals surface area contributed by atoms with E-state index in [4.69, 9.17) is 4.74 Å². The van der Waals surface area contributed by atoms with Crippen molar-refractivity contribution in [1.29, 1.82) is 0 Å². The number of hydrogen-bond donors (Lipinski definition) is 0. The summed E-state index contributed by atoms with van der Waals surface area (Å²) in [7, 11) is 0. The fourth-order valence-corrected chi connectivity index (χ4v) is 9.64. The summed E-state index contributed by atoms with van der Waals surface area (Å²) in [5, 5.41) is 3.82. The number of hydrogen-bond acceptors (Lipinski definition) is 2. The number of fused-ring (bicyclic) bond motifs is 12. The highest BCUT2D eigenvalue weighted by atomic mass is 32.1. The Morgan fingerprint density at radius 3 is 2.23 bits per heavy atom. The Balaban J connectivity index is 1.36. The molecule has 0 fully saturated rings. The van der Waals surface area contributed by atoms with Gasteiger partial charge in [-0.2, -0.15) is 0 Å². The van der Waals surface area contributed by atoms with Crippen molar-refractivity contribution in [3.8, 4) is 17.2 Å². The molecule has 3 heteroatoms. The molecule has 47 heavy (non-hydrogen) atoms. The van der Waals surface area contributed by atoms with Crippen LogP contribution in [0.25, 0.3) is 43.2 Å². The van der Waals surface area contributed by atoms with Gasteiger partial charge in [-0.05, 0) is 53.3 Å². The van der Waals surface area contributed by atoms with Crippen LogP contribution in [0.5, 0.6) is 11.5 Å². The summed E-state index contributed by atoms with van der Waals surface area (Å²) in [4.78, 5) is 1.24. The van der Waals surface area contributed by atoms with Crippen LogP contribution >= 0.6 is 11.3 Å². The van der Waals surface area contributed by atoms with Gasteiger partial charge in [-0.3, -0.25) is 0 Å². The minimum Gasteiger partial charge on any atom is -0.456 e. The summed E-state index contributed by atoms with van der Waals surface area (Å²) in [6, 6.07) is 48.6. The van der Waals surface area contributed by atoms with Crippen LogP contribution in [0.4, 0.5) is 0 Å². The number of aromatic nitrogens is 1. The SMILES string of the molecule is C=C/C=C(/c1cccc2c1Oc1ccccc1C21c2ccccc2-n2c3ccccc3c3cccc1c32)c1sc2ccccc2c1C. The van der Waals surface area contributed by atoms with E-state index in [9.17, 15) is 0 Å². The van der Waals surface area contributed by atoms with Crippen LogP contribution in [0.15, 0.2) is 152 Å². The molecule has 0 bridgehead atoms. The first-order chi connectivity index (χ1) is 23.2. The zero-order chi connectivity index (χ0) is 31.3. The minimum atomic E-state index is -0.602. The van der Waals surface area contributed by atoms with Gasteiger partial charge < -0.3 is 9.30 Å². The van der Waals surface area contributed by atoms with Crippen LogP contribution in [0.3, 0.4) is 0 Å². The van der Waals surface area contributed by atoms with Crippen molar-refractivity contribution < 1.29 is 4.74 Å². The van der Waals surface area contributed by atoms with Gasteiger partial charge in [-0.15, -0.1) is 11.3 Å². The number of allylic oxidation sites excluding steroid dienone is 2. The van der Waals surface area contributed by atoms with E-state index in [1.54, 1.807) is 0 Å². The normalized spacial score (nSPS) is 16.2. The highest BCUT2D eigenvalue weighted by Crippen LogP contribution is 2.61. The second kappa shape index (κ2) is 9.68. The highest BCUT2D eigenvalue weighted by Gasteiger charge is 2.50. The van der Waals surface area contributed by atoms with Crippen molar-refractivity contribution in [3.63, 3.8) is 0 Å². The second-order valence-corrected chi connectivity index (χ2v) is 13.5. The lowest BCUT2D eigenvalue weighted by Gasteiger charge is -2.45. The molecular formula is C44H29NOS. The van der Waals surface area contributed by atoms with Crippen molar-refractivity contribution >= 4 is 48.8 Å². The third-order valence-electron chi connectivity index (χ3n) is 10.2. The van der Waals surface area contributed by atoms with Gasteiger partial charge in [-0.1, -0.05) is 128 Å². The van der Waals surface area contributed by atoms with Crippen LogP contribution in [-0.4, -0.2) is 4.57 Å². The average molecular weight is 620 g/mol. The van der Waals surface area contributed by atoms with E-state index in [0.29, 0.717) is 0 Å². The lowest BCUT2D eigenvalue weighted by Crippen LogP contribution is -2.38. The zero-order valence-corrected chi connectivity index (χ0v) is 26.6. The number of benzene rings is 6. The zero-order valence-electron chi connectivity index (χ0n) is 25.8. The van der Waals surface area contributed by atoms with E-state index in [0.717, 1.165) is 33.8 Å². The molecule has 1 unspecified atom stereocenters. The largest absolute Gasteiger partial charge is 0.456 e. The molecule has 4 heterocycles. The van der Waals surface area contributed by atoms with Crippen LogP contribution in [-0.2, 0) is 5.41 Å². The second-order valence-electron chi connectivity index (χ2n) is 12.5. The maximum absolute atomic E-state index is 7.08. The molecular weight excluding hydrogens is 591 g/mol. The fraction of sp³-hybridized carbons (Fsp3) is 0.0455. The van der Waals surface area contributed by atoms with Gasteiger partial charge in [-0.25, -0.2) is 0 Å². The number of nitrogens with zero attached hydrogens (tertiary/aromatic N) is 1. The van der Waals surface area contributed by atoms with Crippen molar-refractivity contribution in [1.82, 2.24) is 4.57 Å². The first kappa shape index (κ1) is 26.6. The predicted molar refractivity (Wildman–Crippen MR) is 197 cm³/mol. The fourth-order valence-electron chi connectivity index (χ4n) is 8.39. The molecule has 2 aliphatic heterocycles. The van der Waals surface area contributed by atoms with E-state index in [-0.39, 0.29) is 0 Å². The lowest BCUT2D eigenvalue weighted by atomic mass is 9.61. The number of ether oxygens (including phenoxy) is 1. The average Bonchev–Trinajstić information content (AvgIpc) is 3.64. The van der Waals surface area contributed by atoms with E-state index in [1.165, 1.54) is 59.1 Å². The Hall–Kier alpha value is -5.64. The molecule has 2 aromatic heterocycles. The molecule has 0 saturated carbocycles. The first-order valence-electron chi connectivity index (χ1n) is 16.1. The monoisotopic (exact) mass is 619 g/mol. The van der Waals surface area contributed by atoms with Gasteiger partial charge in [0.05, 0.1) is 22.1 Å². The summed E-state index contributed by atoms with van der Waals surface area (Å²) < 4.78 is 10.8. The molecule has 0 N–H and O–H groups in total. The molecule has 0 radical (unpaired) electrons. The summed E-state index contributed by atoms with van der Waals surface area (Å²) >= 11 is 1.83. The van der Waals surface area contributed by atoms with Crippen LogP contribution in [0.2, 0.25) is 0 Å².